The Morgan fingerprint density at radius 3 is 1.67 bits per heavy atom. The van der Waals surface area contributed by atoms with Crippen molar-refractivity contribution in [1.29, 1.82) is 0 Å². The maximum absolute atomic E-state index is 9.73. The van der Waals surface area contributed by atoms with Gasteiger partial charge < -0.3 is 4.74 Å². The molecule has 0 aromatic heterocycles. The topological polar surface area (TPSA) is 43.4 Å². The number of carbonyl (C=O) groups is 2. The lowest BCUT2D eigenvalue weighted by Crippen LogP contribution is -2.35. The molecule has 1 aliphatic heterocycles. The Labute approximate surface area is 36.1 Å². The fourth-order valence-electron chi connectivity index (χ4n) is 0.236. The highest BCUT2D eigenvalue weighted by Crippen LogP contribution is 1.93. The largest absolute Gasteiger partial charge is 0.402 e. The third-order valence-electron chi connectivity index (χ3n) is 0.516. The zero-order chi connectivity index (χ0) is 4.57. The predicted molar refractivity (Wildman–Crippen MR) is 20.4 cm³/mol. The Balaban J connectivity index is 2.47. The molecule has 0 radical (unpaired) electrons. The zero-order valence-corrected chi connectivity index (χ0v) is 4.35. The van der Waals surface area contributed by atoms with Crippen molar-refractivity contribution >= 4 is 20.7 Å². The zero-order valence-electron chi connectivity index (χ0n) is 2.93. The van der Waals surface area contributed by atoms with Gasteiger partial charge in [-0.25, -0.2) is 0 Å². The first-order valence-electron chi connectivity index (χ1n) is 1.52. The van der Waals surface area contributed by atoms with E-state index in [0.29, 0.717) is 0 Å². The quantitative estimate of drug-likeness (QED) is 0.304. The summed E-state index contributed by atoms with van der Waals surface area (Å²) in [4.78, 5) is 19.5. The van der Waals surface area contributed by atoms with Crippen LogP contribution in [0.2, 0.25) is 0 Å². The lowest BCUT2D eigenvalue weighted by molar-refractivity contribution is 0.172. The highest BCUT2D eigenvalue weighted by atomic mass is 28.2. The highest BCUT2D eigenvalue weighted by Gasteiger charge is 2.25. The monoisotopic (exact) mass is 102 g/mol. The molecule has 1 heterocycles. The Kier molecular flexibility index (Phi) is 0.536. The molecule has 4 heteroatoms. The molecular weight excluding hydrogens is 100 g/mol. The molecule has 3 nitrogen and oxygen atoms in total. The molecule has 0 aliphatic carbocycles. The minimum absolute atomic E-state index is 0.278. The minimum atomic E-state index is -1.05. The summed E-state index contributed by atoms with van der Waals surface area (Å²) < 4.78 is 3.92. The number of ether oxygens (including phenoxy) is 1. The fourth-order valence-corrected chi connectivity index (χ4v) is 0.675. The predicted octanol–water partition coefficient (Wildman–Crippen LogP) is -0.575. The van der Waals surface area contributed by atoms with E-state index in [4.69, 9.17) is 0 Å². The molecule has 1 saturated heterocycles. The van der Waals surface area contributed by atoms with E-state index >= 15 is 0 Å². The lowest BCUT2D eigenvalue weighted by atomic mass is 11.4. The highest BCUT2D eigenvalue weighted by molar-refractivity contribution is 7.01. The number of rotatable bonds is 0. The van der Waals surface area contributed by atoms with Crippen molar-refractivity contribution in [3.05, 3.63) is 0 Å². The van der Waals surface area contributed by atoms with E-state index in [1.807, 2.05) is 0 Å². The molecule has 0 bridgehead atoms. The Hall–Kier alpha value is -0.643. The Morgan fingerprint density at radius 2 is 1.67 bits per heavy atom. The first kappa shape index (κ1) is 3.54. The molecule has 0 N–H and O–H groups in total. The van der Waals surface area contributed by atoms with Gasteiger partial charge in [-0.05, 0) is 0 Å². The van der Waals surface area contributed by atoms with Crippen molar-refractivity contribution in [1.82, 2.24) is 0 Å². The van der Waals surface area contributed by atoms with Gasteiger partial charge in [-0.3, -0.25) is 9.59 Å². The van der Waals surface area contributed by atoms with Crippen molar-refractivity contribution in [3.8, 4) is 0 Å². The van der Waals surface area contributed by atoms with Crippen LogP contribution in [-0.2, 0) is 4.74 Å². The van der Waals surface area contributed by atoms with Gasteiger partial charge in [0.1, 0.15) is 0 Å². The number of hydrogen-bond donors (Lipinski definition) is 0. The van der Waals surface area contributed by atoms with Crippen LogP contribution in [0.4, 0.5) is 9.59 Å². The van der Waals surface area contributed by atoms with Gasteiger partial charge in [0.25, 0.3) is 20.7 Å². The number of cyclic esters (lactones) is 2. The van der Waals surface area contributed by atoms with Gasteiger partial charge in [0.15, 0.2) is 0 Å². The van der Waals surface area contributed by atoms with E-state index in [1.54, 1.807) is 0 Å². The van der Waals surface area contributed by atoms with Gasteiger partial charge in [-0.1, -0.05) is 0 Å². The van der Waals surface area contributed by atoms with Gasteiger partial charge in [0.05, 0.1) is 0 Å². The van der Waals surface area contributed by atoms with Crippen LogP contribution in [0, 0.1) is 0 Å². The van der Waals surface area contributed by atoms with Gasteiger partial charge >= 0.3 is 0 Å². The normalized spacial score (nSPS) is 19.3. The third kappa shape index (κ3) is 0.345. The average Bonchev–Trinajstić information content (AvgIpc) is 1.33. The molecule has 0 saturated carbocycles. The molecule has 32 valence electrons. The van der Waals surface area contributed by atoms with Gasteiger partial charge in [-0.15, -0.1) is 0 Å². The average molecular weight is 102 g/mol. The van der Waals surface area contributed by atoms with Crippen molar-refractivity contribution in [2.45, 2.75) is 0 Å². The Morgan fingerprint density at radius 1 is 1.33 bits per heavy atom. The van der Waals surface area contributed by atoms with Gasteiger partial charge in [-0.2, -0.15) is 0 Å². The van der Waals surface area contributed by atoms with Gasteiger partial charge in [0, 0.05) is 0 Å². The summed E-state index contributed by atoms with van der Waals surface area (Å²) in [6, 6.07) is 0. The van der Waals surface area contributed by atoms with Crippen LogP contribution in [0.1, 0.15) is 0 Å². The summed E-state index contributed by atoms with van der Waals surface area (Å²) in [6.07, 6.45) is 0. The molecule has 0 aromatic rings. The Bertz CT molecular complexity index is 85.4. The molecule has 0 atom stereocenters. The van der Waals surface area contributed by atoms with Crippen molar-refractivity contribution in [2.24, 2.45) is 0 Å². The van der Waals surface area contributed by atoms with E-state index in [1.165, 1.54) is 0 Å². The SMILES string of the molecule is O=C1OC(=O)[SiH2]1. The second-order valence-corrected chi connectivity index (χ2v) is 2.53. The summed E-state index contributed by atoms with van der Waals surface area (Å²) in [7, 11) is -1.05. The molecule has 0 amide bonds. The molecule has 1 rings (SSSR count). The number of carbonyl (C=O) groups excluding carboxylic acids is 2. The van der Waals surface area contributed by atoms with E-state index in [-0.39, 0.29) is 11.2 Å². The molecule has 1 fully saturated rings. The number of hydrogen-bond acceptors (Lipinski definition) is 3. The van der Waals surface area contributed by atoms with E-state index in [9.17, 15) is 9.59 Å². The summed E-state index contributed by atoms with van der Waals surface area (Å²) in [5.41, 5.74) is -0.556. The van der Waals surface area contributed by atoms with Crippen LogP contribution >= 0.6 is 0 Å². The molecule has 0 spiro atoms. The van der Waals surface area contributed by atoms with Crippen molar-refractivity contribution in [2.75, 3.05) is 0 Å². The lowest BCUT2D eigenvalue weighted by Gasteiger charge is -2.06. The van der Waals surface area contributed by atoms with Crippen LogP contribution in [0.3, 0.4) is 0 Å². The summed E-state index contributed by atoms with van der Waals surface area (Å²) in [5, 5.41) is 0. The molecule has 0 unspecified atom stereocenters. The molecular formula is C2H2O3Si. The smallest absolute Gasteiger partial charge is 0.285 e. The van der Waals surface area contributed by atoms with Gasteiger partial charge in [0.2, 0.25) is 0 Å². The maximum atomic E-state index is 9.73. The van der Waals surface area contributed by atoms with Crippen LogP contribution in [0.15, 0.2) is 0 Å². The molecule has 0 aromatic carbocycles. The van der Waals surface area contributed by atoms with E-state index < -0.39 is 9.52 Å². The van der Waals surface area contributed by atoms with Crippen LogP contribution in [-0.4, -0.2) is 20.7 Å². The van der Waals surface area contributed by atoms with Crippen LogP contribution in [0.25, 0.3) is 0 Å². The van der Waals surface area contributed by atoms with Crippen molar-refractivity contribution < 1.29 is 14.3 Å². The van der Waals surface area contributed by atoms with E-state index in [0.717, 1.165) is 0 Å². The van der Waals surface area contributed by atoms with E-state index in [2.05, 4.69) is 4.74 Å². The standard InChI is InChI=1S/C2H2O3Si/c3-1-5-2(4)6-1/h6H2. The molecule has 6 heavy (non-hydrogen) atoms. The third-order valence-corrected chi connectivity index (χ3v) is 1.38. The minimum Gasteiger partial charge on any atom is -0.402 e. The summed E-state index contributed by atoms with van der Waals surface area (Å²) >= 11 is 0. The first-order valence-corrected chi connectivity index (χ1v) is 2.94. The summed E-state index contributed by atoms with van der Waals surface area (Å²) in [5.74, 6) is 0. The fraction of sp³-hybridized carbons (Fsp3) is 0. The molecule has 1 aliphatic rings. The summed E-state index contributed by atoms with van der Waals surface area (Å²) in [6.45, 7) is 0. The van der Waals surface area contributed by atoms with Crippen molar-refractivity contribution in [3.63, 3.8) is 0 Å². The first-order chi connectivity index (χ1) is 2.79. The van der Waals surface area contributed by atoms with Crippen LogP contribution in [0.5, 0.6) is 0 Å². The second-order valence-electron chi connectivity index (χ2n) is 1.02. The second kappa shape index (κ2) is 0.907. The maximum Gasteiger partial charge on any atom is 0.285 e. The van der Waals surface area contributed by atoms with Crippen LogP contribution < -0.4 is 0 Å².